The van der Waals surface area contributed by atoms with Crippen molar-refractivity contribution in [3.63, 3.8) is 0 Å². The van der Waals surface area contributed by atoms with E-state index in [-0.39, 0.29) is 11.9 Å². The molecule has 0 fully saturated rings. The minimum Gasteiger partial charge on any atom is -0.257 e. The van der Waals surface area contributed by atoms with Crippen LogP contribution in [0, 0.1) is 12.7 Å². The third kappa shape index (κ3) is 2.85. The molecule has 0 spiro atoms. The lowest BCUT2D eigenvalue weighted by Gasteiger charge is -2.22. The van der Waals surface area contributed by atoms with Gasteiger partial charge in [-0.05, 0) is 48.2 Å². The van der Waals surface area contributed by atoms with Gasteiger partial charge in [0.05, 0.1) is 17.4 Å². The van der Waals surface area contributed by atoms with Gasteiger partial charge in [0.25, 0.3) is 0 Å². The largest absolute Gasteiger partial charge is 0.257 e. The van der Waals surface area contributed by atoms with E-state index in [0.29, 0.717) is 0 Å². The molecule has 0 N–H and O–H groups in total. The lowest BCUT2D eigenvalue weighted by Crippen LogP contribution is -2.17. The number of rotatable bonds is 3. The van der Waals surface area contributed by atoms with Crippen molar-refractivity contribution in [2.24, 2.45) is 5.10 Å². The van der Waals surface area contributed by atoms with E-state index in [9.17, 15) is 4.39 Å². The molecule has 2 nitrogen and oxygen atoms in total. The quantitative estimate of drug-likeness (QED) is 0.612. The van der Waals surface area contributed by atoms with Crippen LogP contribution in [-0.2, 0) is 0 Å². The maximum atomic E-state index is 13.3. The minimum atomic E-state index is -0.228. The summed E-state index contributed by atoms with van der Waals surface area (Å²) in [6.07, 6.45) is 0.848. The van der Waals surface area contributed by atoms with Crippen LogP contribution in [0.3, 0.4) is 0 Å². The van der Waals surface area contributed by atoms with Crippen LogP contribution in [0.1, 0.15) is 28.5 Å². The third-order valence-electron chi connectivity index (χ3n) is 4.26. The molecule has 1 atom stereocenters. The Bertz CT molecular complexity index is 852. The number of hydrazone groups is 1. The van der Waals surface area contributed by atoms with Crippen molar-refractivity contribution in [2.45, 2.75) is 19.4 Å². The first-order chi connectivity index (χ1) is 11.7. The first-order valence-electron chi connectivity index (χ1n) is 7.93. The Morgan fingerprint density at radius 1 is 1.04 bits per heavy atom. The standard InChI is InChI=1S/C20H17FN2S/c1-14-4-6-15(7-5-14)18-13-19(20-3-2-12-24-20)23(22-18)17-10-8-16(21)9-11-17/h2-12,19H,13H2,1H3. The molecule has 4 rings (SSSR count). The number of benzene rings is 2. The van der Waals surface area contributed by atoms with Crippen LogP contribution in [0.5, 0.6) is 0 Å². The molecule has 0 radical (unpaired) electrons. The van der Waals surface area contributed by atoms with Crippen molar-refractivity contribution in [3.8, 4) is 0 Å². The van der Waals surface area contributed by atoms with Gasteiger partial charge >= 0.3 is 0 Å². The van der Waals surface area contributed by atoms with Crippen molar-refractivity contribution in [1.82, 2.24) is 0 Å². The zero-order valence-electron chi connectivity index (χ0n) is 13.3. The second-order valence-electron chi connectivity index (χ2n) is 5.97. The molecule has 1 aliphatic rings. The summed E-state index contributed by atoms with van der Waals surface area (Å²) in [6, 6.07) is 19.4. The maximum absolute atomic E-state index is 13.3. The normalized spacial score (nSPS) is 17.2. The van der Waals surface area contributed by atoms with E-state index in [1.165, 1.54) is 22.6 Å². The summed E-state index contributed by atoms with van der Waals surface area (Å²) in [5, 5.41) is 8.96. The molecule has 1 unspecified atom stereocenters. The average molecular weight is 336 g/mol. The van der Waals surface area contributed by atoms with Gasteiger partial charge in [-0.2, -0.15) is 5.10 Å². The van der Waals surface area contributed by atoms with Gasteiger partial charge in [0.15, 0.2) is 0 Å². The Labute approximate surface area is 144 Å². The first-order valence-corrected chi connectivity index (χ1v) is 8.81. The second kappa shape index (κ2) is 6.21. The van der Waals surface area contributed by atoms with Crippen LogP contribution in [-0.4, -0.2) is 5.71 Å². The molecule has 0 aliphatic carbocycles. The molecule has 0 saturated heterocycles. The highest BCUT2D eigenvalue weighted by molar-refractivity contribution is 7.10. The van der Waals surface area contributed by atoms with E-state index in [1.807, 2.05) is 5.01 Å². The van der Waals surface area contributed by atoms with E-state index in [4.69, 9.17) is 5.10 Å². The molecule has 2 heterocycles. The predicted molar refractivity (Wildman–Crippen MR) is 98.3 cm³/mol. The smallest absolute Gasteiger partial charge is 0.123 e. The van der Waals surface area contributed by atoms with Gasteiger partial charge in [-0.3, -0.25) is 5.01 Å². The molecule has 24 heavy (non-hydrogen) atoms. The average Bonchev–Trinajstić information content (AvgIpc) is 3.25. The highest BCUT2D eigenvalue weighted by Gasteiger charge is 2.30. The Hall–Kier alpha value is -2.46. The van der Waals surface area contributed by atoms with E-state index >= 15 is 0 Å². The lowest BCUT2D eigenvalue weighted by atomic mass is 10.0. The molecule has 120 valence electrons. The Morgan fingerprint density at radius 2 is 1.79 bits per heavy atom. The fraction of sp³-hybridized carbons (Fsp3) is 0.150. The molecule has 0 saturated carbocycles. The number of thiophene rings is 1. The Balaban J connectivity index is 1.73. The predicted octanol–water partition coefficient (Wildman–Crippen LogP) is 5.55. The Kier molecular flexibility index (Phi) is 3.90. The van der Waals surface area contributed by atoms with Crippen LogP contribution in [0.25, 0.3) is 0 Å². The molecule has 1 aliphatic heterocycles. The van der Waals surface area contributed by atoms with E-state index in [1.54, 1.807) is 23.5 Å². The zero-order valence-corrected chi connectivity index (χ0v) is 14.1. The van der Waals surface area contributed by atoms with Crippen molar-refractivity contribution in [2.75, 3.05) is 5.01 Å². The second-order valence-corrected chi connectivity index (χ2v) is 6.95. The summed E-state index contributed by atoms with van der Waals surface area (Å²) in [7, 11) is 0. The molecule has 3 aromatic rings. The van der Waals surface area contributed by atoms with Crippen LogP contribution in [0.4, 0.5) is 10.1 Å². The molecular formula is C20H17FN2S. The summed E-state index contributed by atoms with van der Waals surface area (Å²) >= 11 is 1.73. The molecule has 0 amide bonds. The van der Waals surface area contributed by atoms with E-state index in [0.717, 1.165) is 23.4 Å². The van der Waals surface area contributed by atoms with Gasteiger partial charge in [-0.25, -0.2) is 4.39 Å². The molecule has 2 aromatic carbocycles. The molecule has 0 bridgehead atoms. The fourth-order valence-corrected chi connectivity index (χ4v) is 3.78. The van der Waals surface area contributed by atoms with Crippen LogP contribution in [0.15, 0.2) is 71.1 Å². The summed E-state index contributed by atoms with van der Waals surface area (Å²) in [4.78, 5) is 1.27. The summed E-state index contributed by atoms with van der Waals surface area (Å²) in [5.74, 6) is -0.228. The highest BCUT2D eigenvalue weighted by Crippen LogP contribution is 2.38. The van der Waals surface area contributed by atoms with Crippen LogP contribution < -0.4 is 5.01 Å². The summed E-state index contributed by atoms with van der Waals surface area (Å²) in [6.45, 7) is 2.08. The molecule has 1 aromatic heterocycles. The van der Waals surface area contributed by atoms with Crippen molar-refractivity contribution >= 4 is 22.7 Å². The fourth-order valence-electron chi connectivity index (χ4n) is 2.97. The van der Waals surface area contributed by atoms with E-state index in [2.05, 4.69) is 48.7 Å². The summed E-state index contributed by atoms with van der Waals surface area (Å²) < 4.78 is 13.3. The lowest BCUT2D eigenvalue weighted by molar-refractivity contribution is 0.626. The van der Waals surface area contributed by atoms with Crippen molar-refractivity contribution in [3.05, 3.63) is 87.9 Å². The monoisotopic (exact) mass is 336 g/mol. The first kappa shape index (κ1) is 15.1. The van der Waals surface area contributed by atoms with Gasteiger partial charge in [-0.1, -0.05) is 35.9 Å². The molecular weight excluding hydrogens is 319 g/mol. The van der Waals surface area contributed by atoms with Gasteiger partial charge in [0.2, 0.25) is 0 Å². The SMILES string of the molecule is Cc1ccc(C2=NN(c3ccc(F)cc3)C(c3cccs3)C2)cc1. The number of nitrogens with zero attached hydrogens (tertiary/aromatic N) is 2. The maximum Gasteiger partial charge on any atom is 0.123 e. The number of hydrogen-bond donors (Lipinski definition) is 0. The van der Waals surface area contributed by atoms with Gasteiger partial charge in [0.1, 0.15) is 5.82 Å². The summed E-state index contributed by atoms with van der Waals surface area (Å²) in [5.41, 5.74) is 4.36. The Morgan fingerprint density at radius 3 is 2.46 bits per heavy atom. The van der Waals surface area contributed by atoms with Crippen molar-refractivity contribution < 1.29 is 4.39 Å². The topological polar surface area (TPSA) is 15.6 Å². The third-order valence-corrected chi connectivity index (χ3v) is 5.23. The number of halogens is 1. The number of aryl methyl sites for hydroxylation is 1. The van der Waals surface area contributed by atoms with Crippen LogP contribution >= 0.6 is 11.3 Å². The minimum absolute atomic E-state index is 0.159. The highest BCUT2D eigenvalue weighted by atomic mass is 32.1. The molecule has 4 heteroatoms. The van der Waals surface area contributed by atoms with Gasteiger partial charge < -0.3 is 0 Å². The van der Waals surface area contributed by atoms with Crippen molar-refractivity contribution in [1.29, 1.82) is 0 Å². The number of anilines is 1. The van der Waals surface area contributed by atoms with Crippen LogP contribution in [0.2, 0.25) is 0 Å². The van der Waals surface area contributed by atoms with Gasteiger partial charge in [0, 0.05) is 11.3 Å². The van der Waals surface area contributed by atoms with Gasteiger partial charge in [-0.15, -0.1) is 11.3 Å². The zero-order chi connectivity index (χ0) is 16.5. The number of hydrogen-bond acceptors (Lipinski definition) is 3. The van der Waals surface area contributed by atoms with E-state index < -0.39 is 0 Å².